The van der Waals surface area contributed by atoms with Gasteiger partial charge in [0.25, 0.3) is 0 Å². The maximum absolute atomic E-state index is 6.73. The summed E-state index contributed by atoms with van der Waals surface area (Å²) in [5, 5.41) is 0.0109. The molecule has 0 aliphatic carbocycles. The molecule has 1 aromatic carbocycles. The molecule has 2 atom stereocenters. The van der Waals surface area contributed by atoms with Gasteiger partial charge < -0.3 is 9.47 Å². The summed E-state index contributed by atoms with van der Waals surface area (Å²) in [4.78, 5) is 0. The molecule has 112 valence electrons. The van der Waals surface area contributed by atoms with Crippen LogP contribution in [0.2, 0.25) is 0 Å². The fourth-order valence-electron chi connectivity index (χ4n) is 2.57. The van der Waals surface area contributed by atoms with E-state index in [1.54, 1.807) is 0 Å². The minimum Gasteiger partial charge on any atom is -0.486 e. The highest BCUT2D eigenvalue weighted by Crippen LogP contribution is 2.43. The van der Waals surface area contributed by atoms with Gasteiger partial charge in [-0.05, 0) is 30.0 Å². The number of benzene rings is 1. The van der Waals surface area contributed by atoms with Crippen molar-refractivity contribution in [3.63, 3.8) is 0 Å². The summed E-state index contributed by atoms with van der Waals surface area (Å²) in [5.74, 6) is 2.11. The van der Waals surface area contributed by atoms with Gasteiger partial charge in [0.05, 0.1) is 5.38 Å². The molecule has 0 radical (unpaired) electrons. The quantitative estimate of drug-likeness (QED) is 0.604. The molecular formula is C16H22BrClO2. The average molecular weight is 362 g/mol. The molecule has 1 aliphatic heterocycles. The molecule has 4 heteroatoms. The van der Waals surface area contributed by atoms with Crippen molar-refractivity contribution in [1.82, 2.24) is 0 Å². The molecule has 2 unspecified atom stereocenters. The predicted molar refractivity (Wildman–Crippen MR) is 87.0 cm³/mol. The third-order valence-electron chi connectivity index (χ3n) is 3.83. The smallest absolute Gasteiger partial charge is 0.162 e. The lowest BCUT2D eigenvalue weighted by molar-refractivity contribution is 0.171. The molecule has 0 spiro atoms. The van der Waals surface area contributed by atoms with Crippen LogP contribution in [-0.2, 0) is 0 Å². The highest BCUT2D eigenvalue weighted by atomic mass is 79.9. The van der Waals surface area contributed by atoms with E-state index in [4.69, 9.17) is 21.1 Å². The Morgan fingerprint density at radius 1 is 1.20 bits per heavy atom. The van der Waals surface area contributed by atoms with Crippen molar-refractivity contribution < 1.29 is 9.47 Å². The number of unbranched alkanes of at least 4 members (excludes halogenated alkanes) is 1. The van der Waals surface area contributed by atoms with E-state index < -0.39 is 0 Å². The van der Waals surface area contributed by atoms with E-state index in [0.29, 0.717) is 19.1 Å². The Hall–Kier alpha value is -0.410. The second kappa shape index (κ2) is 7.56. The largest absolute Gasteiger partial charge is 0.486 e. The zero-order chi connectivity index (χ0) is 14.5. The van der Waals surface area contributed by atoms with Gasteiger partial charge in [0.15, 0.2) is 11.5 Å². The first-order valence-corrected chi connectivity index (χ1v) is 8.63. The maximum atomic E-state index is 6.73. The van der Waals surface area contributed by atoms with Crippen molar-refractivity contribution in [2.24, 2.45) is 5.92 Å². The van der Waals surface area contributed by atoms with Crippen LogP contribution >= 0.6 is 27.5 Å². The van der Waals surface area contributed by atoms with Crippen LogP contribution in [0.4, 0.5) is 0 Å². The lowest BCUT2D eigenvalue weighted by atomic mass is 9.91. The zero-order valence-electron chi connectivity index (χ0n) is 12.1. The molecule has 0 aromatic heterocycles. The molecule has 0 amide bonds. The molecule has 0 fully saturated rings. The fraction of sp³-hybridized carbons (Fsp3) is 0.625. The second-order valence-electron chi connectivity index (χ2n) is 5.23. The van der Waals surface area contributed by atoms with Crippen LogP contribution in [-0.4, -0.2) is 13.2 Å². The predicted octanol–water partition coefficient (Wildman–Crippen LogP) is 5.72. The molecule has 20 heavy (non-hydrogen) atoms. The van der Waals surface area contributed by atoms with E-state index in [0.717, 1.165) is 28.0 Å². The summed E-state index contributed by atoms with van der Waals surface area (Å²) in [6, 6.07) is 4.01. The number of halogens is 2. The van der Waals surface area contributed by atoms with Crippen LogP contribution in [0.15, 0.2) is 16.6 Å². The van der Waals surface area contributed by atoms with Gasteiger partial charge in [0.1, 0.15) is 13.2 Å². The highest BCUT2D eigenvalue weighted by molar-refractivity contribution is 9.10. The summed E-state index contributed by atoms with van der Waals surface area (Å²) in [6.07, 6.45) is 4.70. The van der Waals surface area contributed by atoms with Gasteiger partial charge in [-0.15, -0.1) is 11.6 Å². The van der Waals surface area contributed by atoms with Crippen molar-refractivity contribution in [1.29, 1.82) is 0 Å². The van der Waals surface area contributed by atoms with Gasteiger partial charge in [0.2, 0.25) is 0 Å². The Bertz CT molecular complexity index is 450. The number of hydrogen-bond acceptors (Lipinski definition) is 2. The monoisotopic (exact) mass is 360 g/mol. The molecule has 0 bridgehead atoms. The first kappa shape index (κ1) is 16.0. The Morgan fingerprint density at radius 3 is 2.45 bits per heavy atom. The molecule has 2 nitrogen and oxygen atoms in total. The summed E-state index contributed by atoms with van der Waals surface area (Å²) >= 11 is 10.4. The van der Waals surface area contributed by atoms with Crippen molar-refractivity contribution in [2.75, 3.05) is 13.2 Å². The SMILES string of the molecule is CCCCC(CC)C(Cl)c1cc2c(cc1Br)OCCO2. The van der Waals surface area contributed by atoms with E-state index in [9.17, 15) is 0 Å². The van der Waals surface area contributed by atoms with Gasteiger partial charge in [-0.1, -0.05) is 49.0 Å². The number of ether oxygens (including phenoxy) is 2. The molecular weight excluding hydrogens is 340 g/mol. The van der Waals surface area contributed by atoms with E-state index in [1.807, 2.05) is 12.1 Å². The van der Waals surface area contributed by atoms with Crippen LogP contribution in [0.5, 0.6) is 11.5 Å². The van der Waals surface area contributed by atoms with Crippen LogP contribution in [0.25, 0.3) is 0 Å². The van der Waals surface area contributed by atoms with Crippen LogP contribution < -0.4 is 9.47 Å². The topological polar surface area (TPSA) is 18.5 Å². The molecule has 2 rings (SSSR count). The van der Waals surface area contributed by atoms with Gasteiger partial charge >= 0.3 is 0 Å². The lowest BCUT2D eigenvalue weighted by Gasteiger charge is -2.25. The van der Waals surface area contributed by atoms with Gasteiger partial charge in [-0.2, -0.15) is 0 Å². The Labute approximate surface area is 134 Å². The average Bonchev–Trinajstić information content (AvgIpc) is 2.47. The first-order valence-electron chi connectivity index (χ1n) is 7.40. The normalized spacial score (nSPS) is 16.8. The van der Waals surface area contributed by atoms with Crippen molar-refractivity contribution in [2.45, 2.75) is 44.9 Å². The lowest BCUT2D eigenvalue weighted by Crippen LogP contribution is -2.16. The minimum absolute atomic E-state index is 0.0109. The van der Waals surface area contributed by atoms with Crippen molar-refractivity contribution in [3.05, 3.63) is 22.2 Å². The van der Waals surface area contributed by atoms with Crippen LogP contribution in [0.1, 0.15) is 50.5 Å². The zero-order valence-corrected chi connectivity index (χ0v) is 14.5. The summed E-state index contributed by atoms with van der Waals surface area (Å²) in [7, 11) is 0. The number of alkyl halides is 1. The third kappa shape index (κ3) is 3.62. The number of rotatable bonds is 6. The maximum Gasteiger partial charge on any atom is 0.162 e. The van der Waals surface area contributed by atoms with Crippen molar-refractivity contribution >= 4 is 27.5 Å². The van der Waals surface area contributed by atoms with Gasteiger partial charge in [-0.3, -0.25) is 0 Å². The Morgan fingerprint density at radius 2 is 1.85 bits per heavy atom. The molecule has 0 saturated heterocycles. The van der Waals surface area contributed by atoms with E-state index in [1.165, 1.54) is 19.3 Å². The first-order chi connectivity index (χ1) is 9.67. The van der Waals surface area contributed by atoms with E-state index >= 15 is 0 Å². The molecule has 1 aromatic rings. The van der Waals surface area contributed by atoms with Crippen LogP contribution in [0.3, 0.4) is 0 Å². The summed E-state index contributed by atoms with van der Waals surface area (Å²) in [5.41, 5.74) is 1.11. The molecule has 1 aliphatic rings. The molecule has 0 N–H and O–H groups in total. The number of fused-ring (bicyclic) bond motifs is 1. The highest BCUT2D eigenvalue weighted by Gasteiger charge is 2.24. The van der Waals surface area contributed by atoms with E-state index in [-0.39, 0.29) is 5.38 Å². The summed E-state index contributed by atoms with van der Waals surface area (Å²) < 4.78 is 12.3. The van der Waals surface area contributed by atoms with E-state index in [2.05, 4.69) is 29.8 Å². The standard InChI is InChI=1S/C16H22BrClO2/c1-3-5-6-11(4-2)16(18)12-9-14-15(10-13(12)17)20-8-7-19-14/h9-11,16H,3-8H2,1-2H3. The Kier molecular flexibility index (Phi) is 6.03. The van der Waals surface area contributed by atoms with Crippen LogP contribution in [0, 0.1) is 5.92 Å². The minimum atomic E-state index is 0.0109. The number of hydrogen-bond donors (Lipinski definition) is 0. The van der Waals surface area contributed by atoms with Crippen molar-refractivity contribution in [3.8, 4) is 11.5 Å². The second-order valence-corrected chi connectivity index (χ2v) is 6.55. The fourth-order valence-corrected chi connectivity index (χ4v) is 3.75. The van der Waals surface area contributed by atoms with Gasteiger partial charge in [-0.25, -0.2) is 0 Å². The summed E-state index contributed by atoms with van der Waals surface area (Å²) in [6.45, 7) is 5.64. The van der Waals surface area contributed by atoms with Gasteiger partial charge in [0, 0.05) is 4.47 Å². The third-order valence-corrected chi connectivity index (χ3v) is 5.10. The molecule has 0 saturated carbocycles. The molecule has 1 heterocycles. The Balaban J connectivity index is 2.21.